The van der Waals surface area contributed by atoms with E-state index in [1.807, 2.05) is 50.2 Å². The van der Waals surface area contributed by atoms with Crippen molar-refractivity contribution in [3.8, 4) is 11.5 Å². The summed E-state index contributed by atoms with van der Waals surface area (Å²) in [5, 5.41) is 0.634. The van der Waals surface area contributed by atoms with Gasteiger partial charge in [0.15, 0.2) is 0 Å². The van der Waals surface area contributed by atoms with Crippen LogP contribution in [-0.2, 0) is 0 Å². The molecule has 3 heteroatoms. The van der Waals surface area contributed by atoms with Crippen LogP contribution >= 0.6 is 11.6 Å². The monoisotopic (exact) mass is 261 g/mol. The molecule has 2 aromatic carbocycles. The van der Waals surface area contributed by atoms with Crippen molar-refractivity contribution < 1.29 is 4.74 Å². The Bertz CT molecular complexity index is 552. The van der Waals surface area contributed by atoms with E-state index in [0.29, 0.717) is 5.02 Å². The number of benzene rings is 2. The molecule has 0 aliphatic heterocycles. The highest BCUT2D eigenvalue weighted by molar-refractivity contribution is 6.31. The van der Waals surface area contributed by atoms with Gasteiger partial charge in [0.1, 0.15) is 11.5 Å². The summed E-state index contributed by atoms with van der Waals surface area (Å²) in [7, 11) is 0. The van der Waals surface area contributed by atoms with Crippen molar-refractivity contribution in [1.29, 1.82) is 0 Å². The summed E-state index contributed by atoms with van der Waals surface area (Å²) >= 11 is 6.16. The maximum Gasteiger partial charge on any atom is 0.128 e. The Morgan fingerprint density at radius 3 is 2.44 bits per heavy atom. The molecule has 0 heterocycles. The Kier molecular flexibility index (Phi) is 3.90. The molecule has 0 aromatic heterocycles. The molecule has 0 aliphatic rings. The van der Waals surface area contributed by atoms with Crippen LogP contribution in [0.3, 0.4) is 0 Å². The highest BCUT2D eigenvalue weighted by atomic mass is 35.5. The summed E-state index contributed by atoms with van der Waals surface area (Å²) in [6, 6.07) is 13.4. The lowest BCUT2D eigenvalue weighted by molar-refractivity contribution is 0.482. The number of hydrogen-bond donors (Lipinski definition) is 1. The van der Waals surface area contributed by atoms with Crippen LogP contribution < -0.4 is 10.5 Å². The predicted octanol–water partition coefficient (Wildman–Crippen LogP) is 4.46. The number of ether oxygens (including phenoxy) is 1. The third kappa shape index (κ3) is 3.03. The van der Waals surface area contributed by atoms with Gasteiger partial charge < -0.3 is 10.5 Å². The first-order chi connectivity index (χ1) is 8.56. The zero-order chi connectivity index (χ0) is 13.1. The van der Waals surface area contributed by atoms with Crippen molar-refractivity contribution >= 4 is 11.6 Å². The van der Waals surface area contributed by atoms with Crippen LogP contribution in [0.1, 0.15) is 24.1 Å². The van der Waals surface area contributed by atoms with E-state index in [0.717, 1.165) is 22.6 Å². The van der Waals surface area contributed by atoms with Gasteiger partial charge in [0.05, 0.1) is 0 Å². The lowest BCUT2D eigenvalue weighted by Crippen LogP contribution is -2.05. The van der Waals surface area contributed by atoms with E-state index in [1.165, 1.54) is 0 Å². The van der Waals surface area contributed by atoms with Gasteiger partial charge in [-0.2, -0.15) is 0 Å². The van der Waals surface area contributed by atoms with Crippen LogP contribution in [-0.4, -0.2) is 0 Å². The maximum atomic E-state index is 6.16. The van der Waals surface area contributed by atoms with Crippen molar-refractivity contribution in [2.45, 2.75) is 19.9 Å². The van der Waals surface area contributed by atoms with Gasteiger partial charge >= 0.3 is 0 Å². The van der Waals surface area contributed by atoms with Gasteiger partial charge in [0, 0.05) is 11.1 Å². The summed E-state index contributed by atoms with van der Waals surface area (Å²) in [6.07, 6.45) is 0. The fraction of sp³-hybridized carbons (Fsp3) is 0.200. The fourth-order valence-corrected chi connectivity index (χ4v) is 2.10. The second-order valence-corrected chi connectivity index (χ2v) is 4.80. The molecule has 2 N–H and O–H groups in total. The first kappa shape index (κ1) is 12.9. The van der Waals surface area contributed by atoms with E-state index in [-0.39, 0.29) is 6.04 Å². The molecular weight excluding hydrogens is 246 g/mol. The maximum absolute atomic E-state index is 6.16. The third-order valence-electron chi connectivity index (χ3n) is 2.69. The second-order valence-electron chi connectivity index (χ2n) is 4.39. The van der Waals surface area contributed by atoms with Crippen LogP contribution in [0.15, 0.2) is 42.5 Å². The van der Waals surface area contributed by atoms with Gasteiger partial charge in [0.2, 0.25) is 0 Å². The molecule has 0 aliphatic carbocycles. The number of halogens is 1. The molecule has 1 atom stereocenters. The van der Waals surface area contributed by atoms with Gasteiger partial charge in [-0.3, -0.25) is 0 Å². The van der Waals surface area contributed by atoms with Crippen LogP contribution in [0.5, 0.6) is 11.5 Å². The molecule has 0 fully saturated rings. The molecule has 0 radical (unpaired) electrons. The van der Waals surface area contributed by atoms with E-state index in [4.69, 9.17) is 22.1 Å². The molecular formula is C15H16ClNO. The van der Waals surface area contributed by atoms with Gasteiger partial charge in [-0.25, -0.2) is 0 Å². The third-order valence-corrected chi connectivity index (χ3v) is 3.02. The van der Waals surface area contributed by atoms with E-state index in [9.17, 15) is 0 Å². The summed E-state index contributed by atoms with van der Waals surface area (Å²) in [5.74, 6) is 1.52. The first-order valence-electron chi connectivity index (χ1n) is 5.86. The zero-order valence-corrected chi connectivity index (χ0v) is 11.2. The molecule has 2 aromatic rings. The number of nitrogens with two attached hydrogens (primary N) is 1. The topological polar surface area (TPSA) is 35.2 Å². The fourth-order valence-electron chi connectivity index (χ4n) is 1.76. The second kappa shape index (κ2) is 5.42. The normalized spacial score (nSPS) is 12.2. The van der Waals surface area contributed by atoms with Gasteiger partial charge in [-0.1, -0.05) is 29.8 Å². The number of aryl methyl sites for hydroxylation is 1. The molecule has 0 saturated carbocycles. The molecule has 2 nitrogen and oxygen atoms in total. The minimum absolute atomic E-state index is 0.0782. The van der Waals surface area contributed by atoms with Crippen molar-refractivity contribution in [3.63, 3.8) is 0 Å². The van der Waals surface area contributed by atoms with Crippen LogP contribution in [0.2, 0.25) is 5.02 Å². The van der Waals surface area contributed by atoms with E-state index < -0.39 is 0 Å². The van der Waals surface area contributed by atoms with Crippen molar-refractivity contribution in [2.75, 3.05) is 0 Å². The lowest BCUT2D eigenvalue weighted by atomic mass is 10.1. The zero-order valence-electron chi connectivity index (χ0n) is 10.5. The molecule has 0 amide bonds. The molecule has 0 spiro atoms. The largest absolute Gasteiger partial charge is 0.457 e. The summed E-state index contributed by atoms with van der Waals surface area (Å²) in [6.45, 7) is 3.93. The molecule has 1 unspecified atom stereocenters. The Hall–Kier alpha value is -1.51. The average Bonchev–Trinajstić information content (AvgIpc) is 2.28. The van der Waals surface area contributed by atoms with Gasteiger partial charge in [0.25, 0.3) is 0 Å². The van der Waals surface area contributed by atoms with Crippen molar-refractivity contribution in [1.82, 2.24) is 0 Å². The summed E-state index contributed by atoms with van der Waals surface area (Å²) in [5.41, 5.74) is 7.89. The Labute approximate surface area is 112 Å². The van der Waals surface area contributed by atoms with E-state index in [2.05, 4.69) is 0 Å². The predicted molar refractivity (Wildman–Crippen MR) is 75.3 cm³/mol. The standard InChI is InChI=1S/C15H16ClNO/c1-10-4-3-5-12(8-10)18-13-6-7-14(11(2)17)15(16)9-13/h3-9,11H,17H2,1-2H3. The summed E-state index contributed by atoms with van der Waals surface area (Å²) in [4.78, 5) is 0. The van der Waals surface area contributed by atoms with Gasteiger partial charge in [-0.05, 0) is 49.2 Å². The SMILES string of the molecule is Cc1cccc(Oc2ccc(C(C)N)c(Cl)c2)c1. The Morgan fingerprint density at radius 1 is 1.11 bits per heavy atom. The summed E-state index contributed by atoms with van der Waals surface area (Å²) < 4.78 is 5.75. The molecule has 0 bridgehead atoms. The highest BCUT2D eigenvalue weighted by Crippen LogP contribution is 2.29. The smallest absolute Gasteiger partial charge is 0.128 e. The minimum Gasteiger partial charge on any atom is -0.457 e. The molecule has 18 heavy (non-hydrogen) atoms. The first-order valence-corrected chi connectivity index (χ1v) is 6.23. The lowest BCUT2D eigenvalue weighted by Gasteiger charge is -2.11. The van der Waals surface area contributed by atoms with E-state index in [1.54, 1.807) is 6.07 Å². The highest BCUT2D eigenvalue weighted by Gasteiger charge is 2.07. The van der Waals surface area contributed by atoms with Gasteiger partial charge in [-0.15, -0.1) is 0 Å². The Balaban J connectivity index is 2.23. The van der Waals surface area contributed by atoms with Crippen LogP contribution in [0, 0.1) is 6.92 Å². The molecule has 0 saturated heterocycles. The number of hydrogen-bond acceptors (Lipinski definition) is 2. The number of rotatable bonds is 3. The van der Waals surface area contributed by atoms with Crippen molar-refractivity contribution in [2.24, 2.45) is 5.73 Å². The van der Waals surface area contributed by atoms with E-state index >= 15 is 0 Å². The quantitative estimate of drug-likeness (QED) is 0.885. The molecule has 94 valence electrons. The average molecular weight is 262 g/mol. The Morgan fingerprint density at radius 2 is 1.83 bits per heavy atom. The van der Waals surface area contributed by atoms with Crippen molar-refractivity contribution in [3.05, 3.63) is 58.6 Å². The van der Waals surface area contributed by atoms with Crippen LogP contribution in [0.25, 0.3) is 0 Å². The van der Waals surface area contributed by atoms with Crippen LogP contribution in [0.4, 0.5) is 0 Å². The minimum atomic E-state index is -0.0782. The molecule has 2 rings (SSSR count).